The summed E-state index contributed by atoms with van der Waals surface area (Å²) in [5, 5.41) is 10.9. The fourth-order valence-electron chi connectivity index (χ4n) is 2.25. The minimum Gasteiger partial charge on any atom is -0.387 e. The summed E-state index contributed by atoms with van der Waals surface area (Å²) in [7, 11) is 0. The van der Waals surface area contributed by atoms with Gasteiger partial charge in [0.25, 0.3) is 0 Å². The zero-order chi connectivity index (χ0) is 13.4. The molecule has 0 fully saturated rings. The van der Waals surface area contributed by atoms with Gasteiger partial charge in [0.05, 0.1) is 22.5 Å². The Morgan fingerprint density at radius 1 is 1.44 bits per heavy atom. The van der Waals surface area contributed by atoms with Crippen LogP contribution in [0.15, 0.2) is 12.3 Å². The first-order valence-electron chi connectivity index (χ1n) is 6.31. The van der Waals surface area contributed by atoms with E-state index in [1.54, 1.807) is 0 Å². The Kier molecular flexibility index (Phi) is 3.64. The van der Waals surface area contributed by atoms with Crippen molar-refractivity contribution in [3.63, 3.8) is 0 Å². The molecule has 4 heteroatoms. The SMILES string of the molecule is CCC(O)c1c(C(C)C)nc2c(C)cc(Cl)cn12. The minimum atomic E-state index is -0.504. The molecule has 3 nitrogen and oxygen atoms in total. The molecule has 2 aromatic rings. The number of aliphatic hydroxyl groups is 1. The second-order valence-corrected chi connectivity index (χ2v) is 5.43. The number of pyridine rings is 1. The van der Waals surface area contributed by atoms with Gasteiger partial charge in [0, 0.05) is 6.20 Å². The molecule has 18 heavy (non-hydrogen) atoms. The lowest BCUT2D eigenvalue weighted by Crippen LogP contribution is -2.05. The Hall–Kier alpha value is -1.06. The van der Waals surface area contributed by atoms with E-state index < -0.39 is 6.10 Å². The molecule has 1 unspecified atom stereocenters. The maximum atomic E-state index is 10.2. The van der Waals surface area contributed by atoms with Gasteiger partial charge in [-0.1, -0.05) is 32.4 Å². The first kappa shape index (κ1) is 13.4. The molecule has 0 aliphatic rings. The van der Waals surface area contributed by atoms with Crippen LogP contribution in [0.1, 0.15) is 56.2 Å². The molecule has 0 spiro atoms. The van der Waals surface area contributed by atoms with Crippen molar-refractivity contribution in [1.82, 2.24) is 9.38 Å². The summed E-state index contributed by atoms with van der Waals surface area (Å²) >= 11 is 6.10. The molecule has 2 heterocycles. The van der Waals surface area contributed by atoms with Gasteiger partial charge in [0.1, 0.15) is 5.65 Å². The first-order chi connectivity index (χ1) is 8.45. The van der Waals surface area contributed by atoms with E-state index in [0.717, 1.165) is 22.6 Å². The van der Waals surface area contributed by atoms with Crippen LogP contribution < -0.4 is 0 Å². The summed E-state index contributed by atoms with van der Waals surface area (Å²) in [4.78, 5) is 4.67. The largest absolute Gasteiger partial charge is 0.387 e. The van der Waals surface area contributed by atoms with Gasteiger partial charge in [-0.05, 0) is 30.9 Å². The predicted molar refractivity (Wildman–Crippen MR) is 74.3 cm³/mol. The van der Waals surface area contributed by atoms with Crippen molar-refractivity contribution in [2.45, 2.75) is 46.1 Å². The Morgan fingerprint density at radius 2 is 2.11 bits per heavy atom. The van der Waals surface area contributed by atoms with Crippen molar-refractivity contribution >= 4 is 17.2 Å². The highest BCUT2D eigenvalue weighted by molar-refractivity contribution is 6.30. The van der Waals surface area contributed by atoms with Gasteiger partial charge < -0.3 is 5.11 Å². The van der Waals surface area contributed by atoms with Crippen LogP contribution in [0, 0.1) is 6.92 Å². The van der Waals surface area contributed by atoms with E-state index >= 15 is 0 Å². The third-order valence-corrected chi connectivity index (χ3v) is 3.39. The van der Waals surface area contributed by atoms with Gasteiger partial charge >= 0.3 is 0 Å². The summed E-state index contributed by atoms with van der Waals surface area (Å²) in [6.45, 7) is 8.13. The van der Waals surface area contributed by atoms with Gasteiger partial charge in [0.15, 0.2) is 0 Å². The number of rotatable bonds is 3. The van der Waals surface area contributed by atoms with Crippen molar-refractivity contribution in [1.29, 1.82) is 0 Å². The minimum absolute atomic E-state index is 0.277. The van der Waals surface area contributed by atoms with E-state index in [2.05, 4.69) is 18.8 Å². The highest BCUT2D eigenvalue weighted by atomic mass is 35.5. The van der Waals surface area contributed by atoms with Crippen LogP contribution in [0.4, 0.5) is 0 Å². The molecule has 0 aliphatic heterocycles. The van der Waals surface area contributed by atoms with Crippen LogP contribution in [0.5, 0.6) is 0 Å². The Morgan fingerprint density at radius 3 is 2.67 bits per heavy atom. The molecule has 0 aromatic carbocycles. The van der Waals surface area contributed by atoms with Crippen LogP contribution >= 0.6 is 11.6 Å². The second kappa shape index (κ2) is 4.90. The van der Waals surface area contributed by atoms with Crippen molar-refractivity contribution in [3.8, 4) is 0 Å². The quantitative estimate of drug-likeness (QED) is 0.916. The van der Waals surface area contributed by atoms with Gasteiger partial charge in [-0.3, -0.25) is 4.40 Å². The number of aliphatic hydroxyl groups excluding tert-OH is 1. The van der Waals surface area contributed by atoms with Gasteiger partial charge in [0.2, 0.25) is 0 Å². The van der Waals surface area contributed by atoms with Crippen LogP contribution in [0.2, 0.25) is 5.02 Å². The Labute approximate surface area is 112 Å². The van der Waals surface area contributed by atoms with Gasteiger partial charge in [-0.25, -0.2) is 4.98 Å². The predicted octanol–water partition coefficient (Wildman–Crippen LogP) is 3.86. The van der Waals surface area contributed by atoms with E-state index in [0.29, 0.717) is 11.4 Å². The highest BCUT2D eigenvalue weighted by Crippen LogP contribution is 2.30. The molecule has 0 bridgehead atoms. The average Bonchev–Trinajstić information content (AvgIpc) is 2.67. The summed E-state index contributed by atoms with van der Waals surface area (Å²) in [5.41, 5.74) is 3.73. The Bertz CT molecular complexity index is 575. The van der Waals surface area contributed by atoms with Gasteiger partial charge in [-0.15, -0.1) is 0 Å². The number of fused-ring (bicyclic) bond motifs is 1. The fourth-order valence-corrected chi connectivity index (χ4v) is 2.51. The molecule has 2 aromatic heterocycles. The zero-order valence-electron chi connectivity index (χ0n) is 11.2. The monoisotopic (exact) mass is 266 g/mol. The van der Waals surface area contributed by atoms with Crippen molar-refractivity contribution in [3.05, 3.63) is 34.2 Å². The normalized spacial score (nSPS) is 13.5. The number of aryl methyl sites for hydroxylation is 1. The molecule has 2 rings (SSSR count). The van der Waals surface area contributed by atoms with Crippen molar-refractivity contribution < 1.29 is 5.11 Å². The standard InChI is InChI=1S/C14H19ClN2O/c1-5-11(18)13-12(8(2)3)16-14-9(4)6-10(15)7-17(13)14/h6-8,11,18H,5H2,1-4H3. The average molecular weight is 267 g/mol. The lowest BCUT2D eigenvalue weighted by Gasteiger charge is -2.12. The van der Waals surface area contributed by atoms with E-state index in [1.165, 1.54) is 0 Å². The lowest BCUT2D eigenvalue weighted by atomic mass is 10.0. The molecule has 0 amide bonds. The summed E-state index contributed by atoms with van der Waals surface area (Å²) < 4.78 is 1.93. The number of halogens is 1. The molecule has 0 aliphatic carbocycles. The topological polar surface area (TPSA) is 37.5 Å². The van der Waals surface area contributed by atoms with Crippen LogP contribution in [0.3, 0.4) is 0 Å². The summed E-state index contributed by atoms with van der Waals surface area (Å²) in [5.74, 6) is 0.277. The number of imidazole rings is 1. The molecule has 0 radical (unpaired) electrons. The van der Waals surface area contributed by atoms with Crippen LogP contribution in [0.25, 0.3) is 5.65 Å². The lowest BCUT2D eigenvalue weighted by molar-refractivity contribution is 0.166. The zero-order valence-corrected chi connectivity index (χ0v) is 12.0. The van der Waals surface area contributed by atoms with E-state index in [1.807, 2.05) is 30.5 Å². The van der Waals surface area contributed by atoms with Crippen molar-refractivity contribution in [2.24, 2.45) is 0 Å². The number of hydrogen-bond donors (Lipinski definition) is 1. The summed E-state index contributed by atoms with van der Waals surface area (Å²) in [6.07, 6.45) is 1.99. The first-order valence-corrected chi connectivity index (χ1v) is 6.69. The van der Waals surface area contributed by atoms with Crippen LogP contribution in [-0.4, -0.2) is 14.5 Å². The number of hydrogen-bond acceptors (Lipinski definition) is 2. The van der Waals surface area contributed by atoms with E-state index in [9.17, 15) is 5.11 Å². The second-order valence-electron chi connectivity index (χ2n) is 5.00. The molecule has 0 saturated heterocycles. The third-order valence-electron chi connectivity index (χ3n) is 3.19. The van der Waals surface area contributed by atoms with Gasteiger partial charge in [-0.2, -0.15) is 0 Å². The molecule has 98 valence electrons. The van der Waals surface area contributed by atoms with E-state index in [-0.39, 0.29) is 5.92 Å². The molecular formula is C14H19ClN2O. The maximum absolute atomic E-state index is 10.2. The van der Waals surface area contributed by atoms with Crippen LogP contribution in [-0.2, 0) is 0 Å². The van der Waals surface area contributed by atoms with Crippen molar-refractivity contribution in [2.75, 3.05) is 0 Å². The highest BCUT2D eigenvalue weighted by Gasteiger charge is 2.21. The summed E-state index contributed by atoms with van der Waals surface area (Å²) in [6, 6.07) is 1.90. The molecule has 1 N–H and O–H groups in total. The fraction of sp³-hybridized carbons (Fsp3) is 0.500. The molecule has 0 saturated carbocycles. The third kappa shape index (κ3) is 2.13. The Balaban J connectivity index is 2.81. The number of nitrogens with zero attached hydrogens (tertiary/aromatic N) is 2. The van der Waals surface area contributed by atoms with E-state index in [4.69, 9.17) is 11.6 Å². The molecule has 1 atom stereocenters. The maximum Gasteiger partial charge on any atom is 0.140 e. The number of aromatic nitrogens is 2. The smallest absolute Gasteiger partial charge is 0.140 e. The molecular weight excluding hydrogens is 248 g/mol.